The van der Waals surface area contributed by atoms with Gasteiger partial charge in [0.15, 0.2) is 6.10 Å². The lowest BCUT2D eigenvalue weighted by atomic mass is 10.1. The zero-order valence-electron chi connectivity index (χ0n) is 35.7. The van der Waals surface area contributed by atoms with Crippen LogP contribution in [0, 0.1) is 0 Å². The highest BCUT2D eigenvalue weighted by Gasteiger charge is 2.27. The summed E-state index contributed by atoms with van der Waals surface area (Å²) in [5.74, 6) is -1.05. The lowest BCUT2D eigenvalue weighted by molar-refractivity contribution is -0.161. The average Bonchev–Trinajstić information content (AvgIpc) is 3.21. The van der Waals surface area contributed by atoms with E-state index in [1.54, 1.807) is 0 Å². The number of hydrogen-bond donors (Lipinski definition) is 3. The second kappa shape index (κ2) is 42.0. The van der Waals surface area contributed by atoms with Crippen LogP contribution in [0.5, 0.6) is 0 Å². The predicted octanol–water partition coefficient (Wildman–Crippen LogP) is 11.6. The van der Waals surface area contributed by atoms with Gasteiger partial charge in [-0.05, 0) is 83.5 Å². The van der Waals surface area contributed by atoms with Crippen LogP contribution in [0.3, 0.4) is 0 Å². The number of carbonyl (C=O) groups is 2. The number of hydrogen-bond acceptors (Lipinski definition) is 9. The molecule has 3 unspecified atom stereocenters. The number of aliphatic hydroxyl groups excluding tert-OH is 2. The van der Waals surface area contributed by atoms with Crippen LogP contribution < -0.4 is 0 Å². The molecule has 0 fully saturated rings. The fourth-order valence-corrected chi connectivity index (χ4v) is 5.95. The highest BCUT2D eigenvalue weighted by molar-refractivity contribution is 7.47. The largest absolute Gasteiger partial charge is 0.472 e. The third kappa shape index (κ3) is 41.1. The Bertz CT molecular complexity index is 1280. The second-order valence-corrected chi connectivity index (χ2v) is 15.4. The van der Waals surface area contributed by atoms with Gasteiger partial charge in [-0.3, -0.25) is 18.6 Å². The number of aliphatic hydroxyl groups is 2. The fraction of sp³-hybridized carbons (Fsp3) is 0.617. The van der Waals surface area contributed by atoms with Crippen LogP contribution in [0.15, 0.2) is 97.2 Å². The Kier molecular flexibility index (Phi) is 39.8. The molecule has 0 aromatic heterocycles. The highest BCUT2D eigenvalue weighted by atomic mass is 31.2. The van der Waals surface area contributed by atoms with E-state index < -0.39 is 51.8 Å². The molecule has 3 atom stereocenters. The molecule has 0 saturated carbocycles. The number of phosphoric ester groups is 1. The smallest absolute Gasteiger partial charge is 0.462 e. The van der Waals surface area contributed by atoms with Crippen molar-refractivity contribution < 1.29 is 47.8 Å². The van der Waals surface area contributed by atoms with Crippen molar-refractivity contribution in [1.82, 2.24) is 0 Å². The highest BCUT2D eigenvalue weighted by Crippen LogP contribution is 2.43. The van der Waals surface area contributed by atoms with Crippen molar-refractivity contribution in [3.63, 3.8) is 0 Å². The first-order valence-electron chi connectivity index (χ1n) is 21.7. The number of rotatable bonds is 39. The minimum absolute atomic E-state index is 0.0502. The average molecular weight is 833 g/mol. The van der Waals surface area contributed by atoms with E-state index in [1.165, 1.54) is 25.7 Å². The molecular formula is C47H77O10P. The molecule has 0 aliphatic heterocycles. The van der Waals surface area contributed by atoms with Crippen molar-refractivity contribution in [2.45, 2.75) is 161 Å². The van der Waals surface area contributed by atoms with Crippen molar-refractivity contribution >= 4 is 19.8 Å². The molecule has 58 heavy (non-hydrogen) atoms. The Morgan fingerprint density at radius 1 is 0.534 bits per heavy atom. The lowest BCUT2D eigenvalue weighted by Crippen LogP contribution is -2.29. The van der Waals surface area contributed by atoms with E-state index in [0.717, 1.165) is 83.5 Å². The minimum atomic E-state index is -4.65. The summed E-state index contributed by atoms with van der Waals surface area (Å²) in [4.78, 5) is 35.0. The molecule has 0 aliphatic carbocycles. The number of phosphoric acid groups is 1. The summed E-state index contributed by atoms with van der Waals surface area (Å²) >= 11 is 0. The normalized spacial score (nSPS) is 14.8. The van der Waals surface area contributed by atoms with E-state index in [9.17, 15) is 24.2 Å². The van der Waals surface area contributed by atoms with Crippen LogP contribution in [0.4, 0.5) is 0 Å². The SMILES string of the molecule is CC/C=C\C/C=C\C/C=C\C/C=C\C/C=C\C/C=C\CCC(=O)OC(COC(=O)CCCCCCC/C=C\C/C=C\CCCCCC)COP(=O)(O)OCC(O)CO. The first-order valence-corrected chi connectivity index (χ1v) is 23.2. The Labute approximate surface area is 351 Å². The standard InChI is InChI=1S/C47H77O10P/c1-3-5-7-9-11-13-15-17-19-21-22-23-25-27-29-31-33-35-37-39-47(51)57-45(43-56-58(52,53)55-41-44(49)40-48)42-54-46(50)38-36-34-32-30-28-26-24-20-18-16-14-12-10-8-6-4-2/h5,7,11,13-14,16-17,19-20,22-24,27,29,33,35,44-45,48-49H,3-4,6,8-10,12,15,18,21,25-26,28,30-32,34,36-43H2,1-2H3,(H,52,53)/b7-5-,13-11-,16-14-,19-17-,23-22-,24-20-,29-27-,35-33-. The monoisotopic (exact) mass is 833 g/mol. The number of unbranched alkanes of at least 4 members (excludes halogenated alkanes) is 9. The van der Waals surface area contributed by atoms with Gasteiger partial charge in [-0.25, -0.2) is 4.57 Å². The van der Waals surface area contributed by atoms with Crippen LogP contribution in [-0.4, -0.2) is 65.7 Å². The van der Waals surface area contributed by atoms with Crippen molar-refractivity contribution in [3.8, 4) is 0 Å². The topological polar surface area (TPSA) is 149 Å². The molecular weight excluding hydrogens is 755 g/mol. The Balaban J connectivity index is 4.48. The zero-order chi connectivity index (χ0) is 42.6. The van der Waals surface area contributed by atoms with Crippen LogP contribution in [0.2, 0.25) is 0 Å². The summed E-state index contributed by atoms with van der Waals surface area (Å²) in [6.07, 6.45) is 51.0. The van der Waals surface area contributed by atoms with E-state index in [4.69, 9.17) is 19.1 Å². The van der Waals surface area contributed by atoms with E-state index >= 15 is 0 Å². The van der Waals surface area contributed by atoms with Gasteiger partial charge in [-0.2, -0.15) is 0 Å². The Morgan fingerprint density at radius 2 is 0.983 bits per heavy atom. The maximum atomic E-state index is 12.6. The Hall–Kier alpha value is -3.11. The van der Waals surface area contributed by atoms with Gasteiger partial charge in [0.2, 0.25) is 0 Å². The molecule has 330 valence electrons. The van der Waals surface area contributed by atoms with Crippen LogP contribution in [0.1, 0.15) is 149 Å². The molecule has 0 aromatic rings. The summed E-state index contributed by atoms with van der Waals surface area (Å²) in [5, 5.41) is 18.3. The van der Waals surface area contributed by atoms with E-state index in [2.05, 4.69) is 103 Å². The van der Waals surface area contributed by atoms with Crippen molar-refractivity contribution in [1.29, 1.82) is 0 Å². The summed E-state index contributed by atoms with van der Waals surface area (Å²) < 4.78 is 32.6. The maximum Gasteiger partial charge on any atom is 0.472 e. The summed E-state index contributed by atoms with van der Waals surface area (Å²) in [6, 6.07) is 0. The van der Waals surface area contributed by atoms with Crippen LogP contribution >= 0.6 is 7.82 Å². The first kappa shape index (κ1) is 54.9. The van der Waals surface area contributed by atoms with Gasteiger partial charge < -0.3 is 24.6 Å². The van der Waals surface area contributed by atoms with E-state index in [1.807, 2.05) is 12.2 Å². The van der Waals surface area contributed by atoms with Crippen molar-refractivity contribution in [2.75, 3.05) is 26.4 Å². The van der Waals surface area contributed by atoms with Gasteiger partial charge in [0.1, 0.15) is 12.7 Å². The number of carbonyl (C=O) groups excluding carboxylic acids is 2. The van der Waals surface area contributed by atoms with Gasteiger partial charge in [0, 0.05) is 12.8 Å². The van der Waals surface area contributed by atoms with Gasteiger partial charge in [-0.15, -0.1) is 0 Å². The van der Waals surface area contributed by atoms with Gasteiger partial charge in [0.05, 0.1) is 19.8 Å². The lowest BCUT2D eigenvalue weighted by Gasteiger charge is -2.20. The third-order valence-electron chi connectivity index (χ3n) is 8.49. The minimum Gasteiger partial charge on any atom is -0.462 e. The molecule has 11 heteroatoms. The van der Waals surface area contributed by atoms with E-state index in [-0.39, 0.29) is 19.4 Å². The zero-order valence-corrected chi connectivity index (χ0v) is 36.6. The fourth-order valence-electron chi connectivity index (χ4n) is 5.16. The van der Waals surface area contributed by atoms with Gasteiger partial charge in [0.25, 0.3) is 0 Å². The quantitative estimate of drug-likeness (QED) is 0.0236. The van der Waals surface area contributed by atoms with Crippen LogP contribution in [-0.2, 0) is 32.7 Å². The molecule has 0 aromatic carbocycles. The second-order valence-electron chi connectivity index (χ2n) is 14.0. The third-order valence-corrected chi connectivity index (χ3v) is 9.44. The first-order chi connectivity index (χ1) is 28.2. The molecule has 0 spiro atoms. The molecule has 0 saturated heterocycles. The molecule has 10 nitrogen and oxygen atoms in total. The van der Waals surface area contributed by atoms with Crippen molar-refractivity contribution in [3.05, 3.63) is 97.2 Å². The molecule has 0 amide bonds. The number of esters is 2. The predicted molar refractivity (Wildman–Crippen MR) is 237 cm³/mol. The molecule has 0 bridgehead atoms. The summed E-state index contributed by atoms with van der Waals surface area (Å²) in [5.41, 5.74) is 0. The molecule has 0 radical (unpaired) electrons. The van der Waals surface area contributed by atoms with Gasteiger partial charge in [-0.1, -0.05) is 150 Å². The van der Waals surface area contributed by atoms with Crippen LogP contribution in [0.25, 0.3) is 0 Å². The molecule has 0 rings (SSSR count). The van der Waals surface area contributed by atoms with E-state index in [0.29, 0.717) is 12.8 Å². The maximum absolute atomic E-state index is 12.6. The molecule has 0 heterocycles. The Morgan fingerprint density at radius 3 is 1.50 bits per heavy atom. The molecule has 0 aliphatic rings. The summed E-state index contributed by atoms with van der Waals surface area (Å²) in [6.45, 7) is 2.12. The molecule has 3 N–H and O–H groups in total. The number of allylic oxidation sites excluding steroid dienone is 16. The van der Waals surface area contributed by atoms with Gasteiger partial charge >= 0.3 is 19.8 Å². The van der Waals surface area contributed by atoms with Crippen molar-refractivity contribution in [2.24, 2.45) is 0 Å². The number of ether oxygens (including phenoxy) is 2. The summed E-state index contributed by atoms with van der Waals surface area (Å²) in [7, 11) is -4.65.